The van der Waals surface area contributed by atoms with Crippen LogP contribution in [0.25, 0.3) is 0 Å². The van der Waals surface area contributed by atoms with E-state index < -0.39 is 5.97 Å². The Morgan fingerprint density at radius 3 is 2.00 bits per heavy atom. The minimum absolute atomic E-state index is 0.177. The second-order valence-corrected chi connectivity index (χ2v) is 7.11. The Kier molecular flexibility index (Phi) is 11.2. The van der Waals surface area contributed by atoms with Crippen LogP contribution in [0.4, 0.5) is 0 Å². The summed E-state index contributed by atoms with van der Waals surface area (Å²) < 4.78 is 8.17. The molecule has 1 aromatic rings. The summed E-state index contributed by atoms with van der Waals surface area (Å²) in [4.78, 5) is 23.7. The van der Waals surface area contributed by atoms with E-state index in [0.29, 0.717) is 25.2 Å². The van der Waals surface area contributed by atoms with E-state index in [1.807, 2.05) is 46.8 Å². The zero-order chi connectivity index (χ0) is 19.6. The van der Waals surface area contributed by atoms with Gasteiger partial charge in [0.2, 0.25) is 0 Å². The highest BCUT2D eigenvalue weighted by Crippen LogP contribution is 2.22. The van der Waals surface area contributed by atoms with Crippen molar-refractivity contribution < 1.29 is 19.3 Å². The first kappa shape index (κ1) is 23.5. The van der Waals surface area contributed by atoms with E-state index in [2.05, 4.69) is 0 Å². The molecule has 0 fully saturated rings. The Morgan fingerprint density at radius 1 is 1.04 bits per heavy atom. The van der Waals surface area contributed by atoms with Crippen molar-refractivity contribution in [3.63, 3.8) is 0 Å². The molecule has 0 aliphatic heterocycles. The molecule has 140 valence electrons. The molecule has 1 rings (SSSR count). The third-order valence-corrected chi connectivity index (χ3v) is 4.27. The van der Waals surface area contributed by atoms with Gasteiger partial charge in [-0.3, -0.25) is 9.59 Å². The quantitative estimate of drug-likeness (QED) is 0.365. The van der Waals surface area contributed by atoms with E-state index in [4.69, 9.17) is 4.57 Å². The molecule has 0 spiro atoms. The first-order valence-corrected chi connectivity index (χ1v) is 9.27. The first-order valence-electron chi connectivity index (χ1n) is 8.79. The van der Waals surface area contributed by atoms with Crippen molar-refractivity contribution >= 4 is 20.9 Å². The molecule has 1 N–H and O–H groups in total. The van der Waals surface area contributed by atoms with Crippen molar-refractivity contribution in [1.82, 2.24) is 0 Å². The van der Waals surface area contributed by atoms with Gasteiger partial charge in [-0.15, -0.1) is 0 Å². The monoisotopic (exact) mass is 367 g/mol. The van der Waals surface area contributed by atoms with Gasteiger partial charge in [0.05, 0.1) is 5.92 Å². The van der Waals surface area contributed by atoms with Gasteiger partial charge in [-0.2, -0.15) is 0 Å². The second-order valence-electron chi connectivity index (χ2n) is 7.11. The summed E-state index contributed by atoms with van der Waals surface area (Å²) in [5, 5.41) is 9.24. The first-order chi connectivity index (χ1) is 11.7. The second kappa shape index (κ2) is 11.9. The highest BCUT2D eigenvalue weighted by molar-refractivity contribution is 7.00. The number of aliphatic carboxylic acids is 1. The van der Waals surface area contributed by atoms with Crippen molar-refractivity contribution in [3.8, 4) is 0 Å². The Balaban J connectivity index is 0.00000277. The van der Waals surface area contributed by atoms with Crippen molar-refractivity contribution in [2.24, 2.45) is 11.8 Å². The maximum absolute atomic E-state index is 12.4. The lowest BCUT2D eigenvalue weighted by molar-refractivity contribution is -0.142. The number of Topliss-reactive ketones (excluding diaryl/α,β-unsaturated/α-hetero) is 1. The molecule has 1 aromatic carbocycles. The summed E-state index contributed by atoms with van der Waals surface area (Å²) in [5.74, 6) is -0.436. The molecular weight excluding hydrogens is 335 g/mol. The predicted octanol–water partition coefficient (Wildman–Crippen LogP) is 5.31. The zero-order valence-electron chi connectivity index (χ0n) is 16.1. The topological polar surface area (TPSA) is 71.4 Å². The maximum atomic E-state index is 12.4. The molecule has 0 amide bonds. The molecule has 4 nitrogen and oxygen atoms in total. The van der Waals surface area contributed by atoms with Crippen LogP contribution in [0.5, 0.6) is 0 Å². The number of carbonyl (C=O) groups is 2. The fraction of sp³-hybridized carbons (Fsp3) is 0.600. The lowest BCUT2D eigenvalue weighted by atomic mass is 9.90. The number of carboxylic acid groups (broad SMARTS) is 1. The molecule has 2 atom stereocenters. The van der Waals surface area contributed by atoms with Crippen LogP contribution in [-0.4, -0.2) is 16.9 Å². The van der Waals surface area contributed by atoms with Crippen LogP contribution in [0.15, 0.2) is 12.1 Å². The number of aryl methyl sites for hydroxylation is 3. The van der Waals surface area contributed by atoms with Crippen LogP contribution in [0, 0.1) is 32.6 Å². The SMILES string of the molecule is Cc1cc(C)c(C(=O)CCCCC(CC(C)C)C(=O)O)c(C)c1.O=[PH2+]. The molecule has 0 bridgehead atoms. The normalized spacial score (nSPS) is 11.6. The van der Waals surface area contributed by atoms with Crippen molar-refractivity contribution in [1.29, 1.82) is 0 Å². The van der Waals surface area contributed by atoms with Gasteiger partial charge >= 0.3 is 15.1 Å². The van der Waals surface area contributed by atoms with Crippen LogP contribution in [0.2, 0.25) is 0 Å². The molecule has 25 heavy (non-hydrogen) atoms. The molecule has 0 radical (unpaired) electrons. The summed E-state index contributed by atoms with van der Waals surface area (Å²) >= 11 is 0. The molecule has 0 aliphatic rings. The number of hydrogen-bond donors (Lipinski definition) is 1. The molecule has 0 aliphatic carbocycles. The third-order valence-electron chi connectivity index (χ3n) is 4.27. The smallest absolute Gasteiger partial charge is 0.310 e. The number of carbonyl (C=O) groups excluding carboxylic acids is 1. The largest absolute Gasteiger partial charge is 0.481 e. The summed E-state index contributed by atoms with van der Waals surface area (Å²) in [5.41, 5.74) is 4.09. The van der Waals surface area contributed by atoms with E-state index >= 15 is 0 Å². The average Bonchev–Trinajstić information content (AvgIpc) is 2.50. The minimum Gasteiger partial charge on any atom is -0.481 e. The molecule has 0 saturated carbocycles. The van der Waals surface area contributed by atoms with Gasteiger partial charge in [-0.1, -0.05) is 42.5 Å². The molecular formula is C20H32O4P+. The molecule has 0 heterocycles. The fourth-order valence-electron chi connectivity index (χ4n) is 3.33. The van der Waals surface area contributed by atoms with Crippen LogP contribution < -0.4 is 0 Å². The van der Waals surface area contributed by atoms with Gasteiger partial charge in [0.25, 0.3) is 0 Å². The Hall–Kier alpha value is -1.54. The number of ketones is 1. The molecule has 0 saturated heterocycles. The van der Waals surface area contributed by atoms with E-state index in [-0.39, 0.29) is 11.7 Å². The van der Waals surface area contributed by atoms with Crippen molar-refractivity contribution in [2.45, 2.75) is 66.7 Å². The number of carboxylic acids is 1. The Morgan fingerprint density at radius 2 is 1.56 bits per heavy atom. The highest BCUT2D eigenvalue weighted by Gasteiger charge is 2.19. The lowest BCUT2D eigenvalue weighted by Crippen LogP contribution is -2.16. The van der Waals surface area contributed by atoms with Crippen LogP contribution in [-0.2, 0) is 9.36 Å². The van der Waals surface area contributed by atoms with E-state index in [0.717, 1.165) is 29.5 Å². The summed E-state index contributed by atoms with van der Waals surface area (Å²) in [7, 11) is 1.17. The van der Waals surface area contributed by atoms with Crippen LogP contribution >= 0.6 is 9.12 Å². The summed E-state index contributed by atoms with van der Waals surface area (Å²) in [6, 6.07) is 4.09. The molecule has 2 unspecified atom stereocenters. The predicted molar refractivity (Wildman–Crippen MR) is 104 cm³/mol. The Bertz CT molecular complexity index is 558. The van der Waals surface area contributed by atoms with Gasteiger partial charge in [0.1, 0.15) is 0 Å². The fourth-order valence-corrected chi connectivity index (χ4v) is 3.33. The highest BCUT2D eigenvalue weighted by atomic mass is 31.0. The van der Waals surface area contributed by atoms with Gasteiger partial charge in [-0.25, -0.2) is 0 Å². The van der Waals surface area contributed by atoms with Gasteiger partial charge in [0.15, 0.2) is 5.78 Å². The summed E-state index contributed by atoms with van der Waals surface area (Å²) in [6.07, 6.45) is 3.41. The zero-order valence-corrected chi connectivity index (χ0v) is 17.2. The van der Waals surface area contributed by atoms with E-state index in [9.17, 15) is 14.7 Å². The van der Waals surface area contributed by atoms with E-state index in [1.165, 1.54) is 14.7 Å². The van der Waals surface area contributed by atoms with Crippen LogP contribution in [0.3, 0.4) is 0 Å². The van der Waals surface area contributed by atoms with Gasteiger partial charge in [-0.05, 0) is 57.1 Å². The number of benzene rings is 1. The lowest BCUT2D eigenvalue weighted by Gasteiger charge is -2.14. The van der Waals surface area contributed by atoms with Gasteiger partial charge < -0.3 is 5.11 Å². The van der Waals surface area contributed by atoms with Crippen molar-refractivity contribution in [2.75, 3.05) is 0 Å². The molecule has 5 heteroatoms. The standard InChI is InChI=1S/C20H30O3.H2OP/c1-13(2)10-17(20(22)23)8-6-7-9-18(21)19-15(4)11-14(3)12-16(19)5;1-2/h11-13,17H,6-10H2,1-5H3,(H,22,23);2H2/q;+1. The third kappa shape index (κ3) is 8.40. The maximum Gasteiger partial charge on any atom is 0.310 e. The Labute approximate surface area is 153 Å². The van der Waals surface area contributed by atoms with Gasteiger partial charge in [0, 0.05) is 12.0 Å². The number of unbranched alkanes of at least 4 members (excludes halogenated alkanes) is 1. The minimum atomic E-state index is -0.713. The summed E-state index contributed by atoms with van der Waals surface area (Å²) in [6.45, 7) is 10.1. The number of hydrogen-bond acceptors (Lipinski definition) is 3. The average molecular weight is 367 g/mol. The number of rotatable bonds is 9. The van der Waals surface area contributed by atoms with E-state index in [1.54, 1.807) is 0 Å². The van der Waals surface area contributed by atoms with Crippen LogP contribution in [0.1, 0.15) is 73.0 Å². The van der Waals surface area contributed by atoms with Crippen molar-refractivity contribution in [3.05, 3.63) is 34.4 Å². The molecule has 0 aromatic heterocycles.